The number of hydrogen-bond acceptors (Lipinski definition) is 5. The largest absolute Gasteiger partial charge is 0.358 e. The summed E-state index contributed by atoms with van der Waals surface area (Å²) in [6.45, 7) is 4.30. The van der Waals surface area contributed by atoms with Gasteiger partial charge in [-0.3, -0.25) is 4.90 Å². The second-order valence-corrected chi connectivity index (χ2v) is 3.53. The minimum absolute atomic E-state index is 0.00790. The van der Waals surface area contributed by atoms with Crippen LogP contribution in [-0.4, -0.2) is 46.2 Å². The minimum atomic E-state index is -0.426. The van der Waals surface area contributed by atoms with Crippen molar-refractivity contribution in [3.63, 3.8) is 0 Å². The Kier molecular flexibility index (Phi) is 2.93. The van der Waals surface area contributed by atoms with Crippen LogP contribution in [0.1, 0.15) is 5.56 Å². The molecule has 0 amide bonds. The number of hydrogen-bond donors (Lipinski definition) is 2. The summed E-state index contributed by atoms with van der Waals surface area (Å²) in [5.74, 6) is 0.00790. The van der Waals surface area contributed by atoms with Crippen molar-refractivity contribution in [1.82, 2.24) is 20.4 Å². The van der Waals surface area contributed by atoms with Crippen LogP contribution in [0.2, 0.25) is 0 Å². The molecule has 0 atom stereocenters. The van der Waals surface area contributed by atoms with Gasteiger partial charge >= 0.3 is 5.82 Å². The SMILES string of the molecule is O=[N+]([O-])c1[nH]ncc1CN1CCNCC1. The lowest BCUT2D eigenvalue weighted by Gasteiger charge is -2.26. The third-order valence-electron chi connectivity index (χ3n) is 2.48. The highest BCUT2D eigenvalue weighted by molar-refractivity contribution is 5.29. The topological polar surface area (TPSA) is 87.1 Å². The Bertz CT molecular complexity index is 345. The molecule has 1 aromatic heterocycles. The summed E-state index contributed by atoms with van der Waals surface area (Å²) in [5.41, 5.74) is 0.655. The molecule has 82 valence electrons. The van der Waals surface area contributed by atoms with Crippen molar-refractivity contribution >= 4 is 5.82 Å². The van der Waals surface area contributed by atoms with E-state index in [1.54, 1.807) is 0 Å². The number of piperazine rings is 1. The van der Waals surface area contributed by atoms with Crippen LogP contribution in [0.3, 0.4) is 0 Å². The number of nitrogens with one attached hydrogen (secondary N) is 2. The third-order valence-corrected chi connectivity index (χ3v) is 2.48. The van der Waals surface area contributed by atoms with Crippen LogP contribution in [0.5, 0.6) is 0 Å². The molecule has 1 aromatic rings. The van der Waals surface area contributed by atoms with Gasteiger partial charge < -0.3 is 15.4 Å². The van der Waals surface area contributed by atoms with Gasteiger partial charge in [0.25, 0.3) is 0 Å². The second-order valence-electron chi connectivity index (χ2n) is 3.53. The van der Waals surface area contributed by atoms with Gasteiger partial charge in [-0.2, -0.15) is 0 Å². The average molecular weight is 211 g/mol. The first-order valence-electron chi connectivity index (χ1n) is 4.87. The zero-order chi connectivity index (χ0) is 10.7. The van der Waals surface area contributed by atoms with Gasteiger partial charge in [0.15, 0.2) is 0 Å². The summed E-state index contributed by atoms with van der Waals surface area (Å²) in [7, 11) is 0. The Morgan fingerprint density at radius 3 is 2.93 bits per heavy atom. The molecule has 2 N–H and O–H groups in total. The Morgan fingerprint density at radius 1 is 1.53 bits per heavy atom. The van der Waals surface area contributed by atoms with Crippen LogP contribution in [0.25, 0.3) is 0 Å². The lowest BCUT2D eigenvalue weighted by atomic mass is 10.2. The van der Waals surface area contributed by atoms with Crippen molar-refractivity contribution in [2.75, 3.05) is 26.2 Å². The Morgan fingerprint density at radius 2 is 2.27 bits per heavy atom. The number of H-pyrrole nitrogens is 1. The fourth-order valence-corrected chi connectivity index (χ4v) is 1.69. The van der Waals surface area contributed by atoms with Crippen molar-refractivity contribution < 1.29 is 4.92 Å². The van der Waals surface area contributed by atoms with Crippen LogP contribution in [0.15, 0.2) is 6.20 Å². The number of aromatic nitrogens is 2. The van der Waals surface area contributed by atoms with Gasteiger partial charge in [-0.15, -0.1) is 5.10 Å². The van der Waals surface area contributed by atoms with Crippen LogP contribution in [-0.2, 0) is 6.54 Å². The first-order chi connectivity index (χ1) is 7.27. The molecular formula is C8H13N5O2. The zero-order valence-electron chi connectivity index (χ0n) is 8.27. The molecule has 1 aliphatic rings. The molecule has 1 aliphatic heterocycles. The molecular weight excluding hydrogens is 198 g/mol. The fourth-order valence-electron chi connectivity index (χ4n) is 1.69. The van der Waals surface area contributed by atoms with Crippen LogP contribution in [0, 0.1) is 10.1 Å². The maximum absolute atomic E-state index is 10.6. The van der Waals surface area contributed by atoms with Gasteiger partial charge in [-0.25, -0.2) is 0 Å². The summed E-state index contributed by atoms with van der Waals surface area (Å²) in [6.07, 6.45) is 1.53. The van der Waals surface area contributed by atoms with Gasteiger partial charge in [0, 0.05) is 32.7 Å². The smallest absolute Gasteiger partial charge is 0.347 e. The minimum Gasteiger partial charge on any atom is -0.358 e. The molecule has 0 bridgehead atoms. The lowest BCUT2D eigenvalue weighted by molar-refractivity contribution is -0.390. The average Bonchev–Trinajstić information content (AvgIpc) is 2.67. The van der Waals surface area contributed by atoms with E-state index in [4.69, 9.17) is 0 Å². The third kappa shape index (κ3) is 2.31. The highest BCUT2D eigenvalue weighted by atomic mass is 16.6. The summed E-state index contributed by atoms with van der Waals surface area (Å²) in [6, 6.07) is 0. The van der Waals surface area contributed by atoms with Gasteiger partial charge in [-0.05, 0) is 4.92 Å². The molecule has 0 saturated carbocycles. The van der Waals surface area contributed by atoms with E-state index in [0.717, 1.165) is 26.2 Å². The first-order valence-corrected chi connectivity index (χ1v) is 4.87. The van der Waals surface area contributed by atoms with Crippen molar-refractivity contribution in [2.45, 2.75) is 6.54 Å². The van der Waals surface area contributed by atoms with Gasteiger partial charge in [0.05, 0.1) is 11.8 Å². The molecule has 2 heterocycles. The van der Waals surface area contributed by atoms with Crippen LogP contribution < -0.4 is 5.32 Å². The van der Waals surface area contributed by atoms with E-state index in [1.165, 1.54) is 6.20 Å². The highest BCUT2D eigenvalue weighted by Crippen LogP contribution is 2.15. The van der Waals surface area contributed by atoms with Crippen molar-refractivity contribution in [2.24, 2.45) is 0 Å². The van der Waals surface area contributed by atoms with E-state index in [1.807, 2.05) is 0 Å². The maximum Gasteiger partial charge on any atom is 0.347 e. The number of nitrogens with zero attached hydrogens (tertiary/aromatic N) is 3. The molecule has 0 radical (unpaired) electrons. The Balaban J connectivity index is 2.03. The highest BCUT2D eigenvalue weighted by Gasteiger charge is 2.18. The normalized spacial score (nSPS) is 17.9. The number of rotatable bonds is 3. The molecule has 0 aromatic carbocycles. The molecule has 1 saturated heterocycles. The van der Waals surface area contributed by atoms with Crippen molar-refractivity contribution in [3.05, 3.63) is 21.9 Å². The maximum atomic E-state index is 10.6. The molecule has 2 rings (SSSR count). The summed E-state index contributed by atoms with van der Waals surface area (Å²) in [4.78, 5) is 12.4. The number of nitro groups is 1. The molecule has 1 fully saturated rings. The zero-order valence-corrected chi connectivity index (χ0v) is 8.27. The molecule has 15 heavy (non-hydrogen) atoms. The summed E-state index contributed by atoms with van der Waals surface area (Å²) >= 11 is 0. The molecule has 0 aliphatic carbocycles. The van der Waals surface area contributed by atoms with E-state index >= 15 is 0 Å². The van der Waals surface area contributed by atoms with Gasteiger partial charge in [0.1, 0.15) is 0 Å². The fraction of sp³-hybridized carbons (Fsp3) is 0.625. The van der Waals surface area contributed by atoms with E-state index in [9.17, 15) is 10.1 Å². The first kappa shape index (κ1) is 10.1. The number of aromatic amines is 1. The molecule has 0 spiro atoms. The summed E-state index contributed by atoms with van der Waals surface area (Å²) < 4.78 is 0. The monoisotopic (exact) mass is 211 g/mol. The lowest BCUT2D eigenvalue weighted by Crippen LogP contribution is -2.42. The van der Waals surface area contributed by atoms with Crippen LogP contribution in [0.4, 0.5) is 5.82 Å². The predicted molar refractivity (Wildman–Crippen MR) is 53.4 cm³/mol. The Hall–Kier alpha value is -1.47. The van der Waals surface area contributed by atoms with Gasteiger partial charge in [0.2, 0.25) is 0 Å². The predicted octanol–water partition coefficient (Wildman–Crippen LogP) is -0.277. The Labute approximate surface area is 86.6 Å². The van der Waals surface area contributed by atoms with E-state index < -0.39 is 4.92 Å². The second kappa shape index (κ2) is 4.37. The molecule has 7 heteroatoms. The quantitative estimate of drug-likeness (QED) is 0.530. The van der Waals surface area contributed by atoms with Crippen LogP contribution >= 0.6 is 0 Å². The van der Waals surface area contributed by atoms with E-state index in [0.29, 0.717) is 12.1 Å². The van der Waals surface area contributed by atoms with Gasteiger partial charge in [-0.1, -0.05) is 5.10 Å². The van der Waals surface area contributed by atoms with E-state index in [-0.39, 0.29) is 5.82 Å². The van der Waals surface area contributed by atoms with E-state index in [2.05, 4.69) is 20.4 Å². The van der Waals surface area contributed by atoms with Crippen molar-refractivity contribution in [3.8, 4) is 0 Å². The molecule has 0 unspecified atom stereocenters. The van der Waals surface area contributed by atoms with Crippen molar-refractivity contribution in [1.29, 1.82) is 0 Å². The summed E-state index contributed by atoms with van der Waals surface area (Å²) in [5, 5.41) is 20.0. The molecule has 7 nitrogen and oxygen atoms in total. The standard InChI is InChI=1S/C8H13N5O2/c14-13(15)8-7(5-10-11-8)6-12-3-1-9-2-4-12/h5,9H,1-4,6H2,(H,10,11).